The summed E-state index contributed by atoms with van der Waals surface area (Å²) in [5.74, 6) is -1.55. The standard InChI is InChI=1S/C5H10N6O7/c1-3(9(16)6-13)4(12)5(2,10(17)7-14)11(18)8-15/h3,13-15H,1-2H3/p-3/b9-6-,10-7-,11-8-. The number of Topliss-reactive ketones (excluding diaryl/α,β-unsaturated/α-hetero) is 1. The van der Waals surface area contributed by atoms with Crippen LogP contribution in [-0.4, -0.2) is 32.1 Å². The van der Waals surface area contributed by atoms with Crippen molar-refractivity contribution in [3.8, 4) is 0 Å². The van der Waals surface area contributed by atoms with Gasteiger partial charge in [0.15, 0.2) is 0 Å². The zero-order valence-electron chi connectivity index (χ0n) is 9.12. The number of nitrogens with zero attached hydrogens (tertiary/aromatic N) is 6. The van der Waals surface area contributed by atoms with Gasteiger partial charge in [0.25, 0.3) is 6.04 Å². The molecule has 18 heavy (non-hydrogen) atoms. The number of hydrogen-bond acceptors (Lipinski definition) is 10. The lowest BCUT2D eigenvalue weighted by molar-refractivity contribution is -0.807. The third-order valence-corrected chi connectivity index (χ3v) is 2.15. The molecule has 0 rings (SSSR count). The summed E-state index contributed by atoms with van der Waals surface area (Å²) in [7, 11) is 0. The molecule has 13 heteroatoms. The lowest BCUT2D eigenvalue weighted by Gasteiger charge is -2.22. The Kier molecular flexibility index (Phi) is 4.71. The maximum atomic E-state index is 11.6. The van der Waals surface area contributed by atoms with Gasteiger partial charge in [-0.15, -0.1) is 0 Å². The first-order valence-corrected chi connectivity index (χ1v) is 4.22. The molecule has 1 atom stereocenters. The minimum absolute atomic E-state index is 0.535. The molecule has 0 radical (unpaired) electrons. The predicted molar refractivity (Wildman–Crippen MR) is 51.1 cm³/mol. The Labute approximate surface area is 98.8 Å². The van der Waals surface area contributed by atoms with Crippen LogP contribution in [0.25, 0.3) is 0 Å². The van der Waals surface area contributed by atoms with Gasteiger partial charge < -0.3 is 31.2 Å². The third-order valence-electron chi connectivity index (χ3n) is 2.15. The van der Waals surface area contributed by atoms with Crippen molar-refractivity contribution >= 4 is 5.78 Å². The van der Waals surface area contributed by atoms with E-state index in [2.05, 4.69) is 0 Å². The van der Waals surface area contributed by atoms with E-state index < -0.39 is 32.1 Å². The van der Waals surface area contributed by atoms with E-state index in [1.165, 1.54) is 0 Å². The van der Waals surface area contributed by atoms with E-state index in [1.807, 2.05) is 5.28 Å². The van der Waals surface area contributed by atoms with Gasteiger partial charge in [-0.1, -0.05) is 4.86 Å². The molecule has 0 aromatic carbocycles. The van der Waals surface area contributed by atoms with Gasteiger partial charge in [0, 0.05) is 6.92 Å². The van der Waals surface area contributed by atoms with Gasteiger partial charge in [0.2, 0.25) is 0 Å². The van der Waals surface area contributed by atoms with E-state index in [-0.39, 0.29) is 0 Å². The summed E-state index contributed by atoms with van der Waals surface area (Å²) in [5, 5.41) is 68.2. The summed E-state index contributed by atoms with van der Waals surface area (Å²) in [6, 6.07) is -1.90. The third kappa shape index (κ3) is 2.33. The fourth-order valence-electron chi connectivity index (χ4n) is 0.987. The van der Waals surface area contributed by atoms with Gasteiger partial charge >= 0.3 is 11.4 Å². The number of rotatable bonds is 5. The Morgan fingerprint density at radius 3 is 1.72 bits per heavy atom. The van der Waals surface area contributed by atoms with Crippen LogP contribution in [0.4, 0.5) is 0 Å². The van der Waals surface area contributed by atoms with E-state index in [9.17, 15) is 36.0 Å². The number of carbonyl (C=O) groups excluding carboxylic acids is 1. The van der Waals surface area contributed by atoms with Crippen LogP contribution in [0, 0.1) is 31.2 Å². The van der Waals surface area contributed by atoms with Gasteiger partial charge in [-0.3, -0.25) is 4.79 Å². The van der Waals surface area contributed by atoms with Crippen molar-refractivity contribution in [3.05, 3.63) is 31.2 Å². The zero-order chi connectivity index (χ0) is 14.5. The highest BCUT2D eigenvalue weighted by atomic mass is 16.6. The van der Waals surface area contributed by atoms with E-state index in [1.54, 1.807) is 10.6 Å². The van der Waals surface area contributed by atoms with Crippen LogP contribution in [0.2, 0.25) is 0 Å². The molecule has 0 aliphatic heterocycles. The van der Waals surface area contributed by atoms with Crippen molar-refractivity contribution in [2.75, 3.05) is 0 Å². The largest absolute Gasteiger partial charge is 0.739 e. The van der Waals surface area contributed by atoms with E-state index in [4.69, 9.17) is 0 Å². The molecule has 0 fully saturated rings. The summed E-state index contributed by atoms with van der Waals surface area (Å²) in [4.78, 5) is 9.10. The minimum atomic E-state index is -3.00. The molecule has 13 nitrogen and oxygen atoms in total. The molecule has 0 spiro atoms. The Hall–Kier alpha value is -2.73. The summed E-state index contributed by atoms with van der Waals surface area (Å²) in [6.45, 7) is 1.36. The van der Waals surface area contributed by atoms with Crippen molar-refractivity contribution in [1.82, 2.24) is 0 Å². The molecule has 0 heterocycles. The molecule has 102 valence electrons. The van der Waals surface area contributed by atoms with Gasteiger partial charge in [0.05, 0.1) is 6.92 Å². The molecule has 0 aromatic rings. The Morgan fingerprint density at radius 1 is 1.06 bits per heavy atom. The average molecular weight is 263 g/mol. The Balaban J connectivity index is 5.72. The molecule has 0 saturated carbocycles. The minimum Gasteiger partial charge on any atom is -0.739 e. The summed E-state index contributed by atoms with van der Waals surface area (Å²) in [5.41, 5.74) is -3.00. The monoisotopic (exact) mass is 263 g/mol. The van der Waals surface area contributed by atoms with Crippen LogP contribution in [0.15, 0.2) is 15.8 Å². The van der Waals surface area contributed by atoms with Crippen LogP contribution in [0.5, 0.6) is 0 Å². The van der Waals surface area contributed by atoms with Gasteiger partial charge in [-0.05, 0) is 25.6 Å². The highest BCUT2D eigenvalue weighted by Gasteiger charge is 2.59. The topological polar surface area (TPSA) is 202 Å². The second kappa shape index (κ2) is 5.55. The maximum Gasteiger partial charge on any atom is 0.480 e. The fourth-order valence-corrected chi connectivity index (χ4v) is 0.987. The zero-order valence-corrected chi connectivity index (χ0v) is 9.12. The van der Waals surface area contributed by atoms with E-state index in [0.717, 1.165) is 6.92 Å². The molecule has 0 saturated heterocycles. The van der Waals surface area contributed by atoms with E-state index in [0.29, 0.717) is 6.92 Å². The van der Waals surface area contributed by atoms with Crippen LogP contribution in [0.1, 0.15) is 13.8 Å². The van der Waals surface area contributed by atoms with Crippen molar-refractivity contribution < 1.29 is 19.4 Å². The Bertz CT molecular complexity index is 399. The van der Waals surface area contributed by atoms with Crippen LogP contribution >= 0.6 is 0 Å². The molecular weight excluding hydrogens is 256 g/mol. The van der Waals surface area contributed by atoms with Crippen molar-refractivity contribution in [2.24, 2.45) is 15.8 Å². The average Bonchev–Trinajstić information content (AvgIpc) is 2.41. The molecule has 0 aliphatic rings. The highest BCUT2D eigenvalue weighted by molar-refractivity contribution is 5.88. The van der Waals surface area contributed by atoms with Gasteiger partial charge in [-0.2, -0.15) is 0 Å². The second-order valence-corrected chi connectivity index (χ2v) is 3.15. The SMILES string of the molecule is CC(C(=O)C(C)(/[N+]([O-])=N/[O-])/[N+]([O-])=N/[O-])/[N+]([O-])=N/[O-]. The molecule has 0 bridgehead atoms. The van der Waals surface area contributed by atoms with Crippen molar-refractivity contribution in [1.29, 1.82) is 0 Å². The number of hydroxylamine groups is 3. The van der Waals surface area contributed by atoms with Crippen molar-refractivity contribution in [2.45, 2.75) is 25.6 Å². The first-order chi connectivity index (χ1) is 8.27. The molecule has 0 amide bonds. The Morgan fingerprint density at radius 2 is 1.44 bits per heavy atom. The molecule has 0 aliphatic carbocycles. The van der Waals surface area contributed by atoms with Gasteiger partial charge in [-0.25, -0.2) is 0 Å². The lowest BCUT2D eigenvalue weighted by Crippen LogP contribution is -2.56. The van der Waals surface area contributed by atoms with Gasteiger partial charge in [0.1, 0.15) is 0 Å². The maximum absolute atomic E-state index is 11.6. The fraction of sp³-hybridized carbons (Fsp3) is 0.800. The quantitative estimate of drug-likeness (QED) is 0.288. The van der Waals surface area contributed by atoms with Crippen LogP contribution < -0.4 is 0 Å². The summed E-state index contributed by atoms with van der Waals surface area (Å²) >= 11 is 0. The summed E-state index contributed by atoms with van der Waals surface area (Å²) in [6.07, 6.45) is 0. The summed E-state index contributed by atoms with van der Waals surface area (Å²) < 4.78 is 0. The lowest BCUT2D eigenvalue weighted by atomic mass is 10.0. The number of carbonyl (C=O) groups is 1. The smallest absolute Gasteiger partial charge is 0.480 e. The normalized spacial score (nSPS) is 16.4. The second-order valence-electron chi connectivity index (χ2n) is 3.15. The first-order valence-electron chi connectivity index (χ1n) is 4.22. The number of ketones is 1. The van der Waals surface area contributed by atoms with E-state index >= 15 is 0 Å². The predicted octanol–water partition coefficient (Wildman–Crippen LogP) is 0.0411. The molecule has 1 unspecified atom stereocenters. The number of hydrogen-bond donors (Lipinski definition) is 0. The highest BCUT2D eigenvalue weighted by Crippen LogP contribution is 2.17. The molecule has 0 aromatic heterocycles. The first kappa shape index (κ1) is 15.3. The van der Waals surface area contributed by atoms with Crippen molar-refractivity contribution in [3.63, 3.8) is 0 Å². The van der Waals surface area contributed by atoms with Crippen LogP contribution in [-0.2, 0) is 4.79 Å². The molecule has 0 N–H and O–H groups in total. The van der Waals surface area contributed by atoms with Crippen LogP contribution in [0.3, 0.4) is 0 Å². The molecular formula is C5H7N6O7-3.